The minimum absolute atomic E-state index is 0.00502. The number of rotatable bonds is 14. The molecule has 1 saturated heterocycles. The van der Waals surface area contributed by atoms with Gasteiger partial charge in [0.15, 0.2) is 5.76 Å². The molecule has 0 radical (unpaired) electrons. The summed E-state index contributed by atoms with van der Waals surface area (Å²) >= 11 is 0. The van der Waals surface area contributed by atoms with E-state index in [0.717, 1.165) is 75.5 Å². The quantitative estimate of drug-likeness (QED) is 0.112. The minimum Gasteiger partial charge on any atom is -0.456 e. The number of nitrogens with one attached hydrogen (secondary N) is 2. The van der Waals surface area contributed by atoms with Gasteiger partial charge < -0.3 is 24.7 Å². The van der Waals surface area contributed by atoms with Crippen molar-refractivity contribution in [1.29, 1.82) is 0 Å². The van der Waals surface area contributed by atoms with Gasteiger partial charge in [0.25, 0.3) is 11.8 Å². The number of benzene rings is 4. The number of amides is 2. The van der Waals surface area contributed by atoms with Crippen molar-refractivity contribution in [2.24, 2.45) is 0 Å². The van der Waals surface area contributed by atoms with Crippen molar-refractivity contribution in [3.8, 4) is 11.6 Å². The zero-order chi connectivity index (χ0) is 46.5. The Morgan fingerprint density at radius 3 is 1.90 bits per heavy atom. The summed E-state index contributed by atoms with van der Waals surface area (Å²) in [5, 5.41) is 6.45. The standard InChI is InChI=1S/C30H36N2O2.C27H30FN3O2/c33-29(28-15-14-27(34-28)22-24-10-4-1-5-11-24)31-26-16-18-30(19-17-26,32-20-8-3-9-21-32)23-25-12-6-2-7-13-25;1-31(2)27(19-20-10-12-21(28)13-11-20)16-14-22(15-17-27)30-25(32)24-9-6-18-29-26(24)33-23-7-4-3-5-8-23/h1-2,4-7,10-15,26H,3,8-9,16-23H2,(H,31,33);3-13,18,22H,14-17,19H2,1-2H3,(H,30,32). The van der Waals surface area contributed by atoms with Crippen LogP contribution in [0.3, 0.4) is 0 Å². The van der Waals surface area contributed by atoms with E-state index in [1.807, 2.05) is 72.8 Å². The summed E-state index contributed by atoms with van der Waals surface area (Å²) in [6.45, 7) is 2.42. The third-order valence-electron chi connectivity index (χ3n) is 14.4. The van der Waals surface area contributed by atoms with Gasteiger partial charge >= 0.3 is 0 Å². The van der Waals surface area contributed by atoms with Crippen molar-refractivity contribution in [1.82, 2.24) is 25.4 Å². The lowest BCUT2D eigenvalue weighted by atomic mass is 9.73. The van der Waals surface area contributed by atoms with Crippen molar-refractivity contribution < 1.29 is 23.1 Å². The first-order chi connectivity index (χ1) is 32.6. The number of para-hydroxylation sites is 1. The molecule has 10 heteroatoms. The number of piperidine rings is 1. The number of likely N-dealkylation sites (tertiary alicyclic amines) is 1. The van der Waals surface area contributed by atoms with Crippen LogP contribution in [0.1, 0.15) is 114 Å². The Hall–Kier alpha value is -6.10. The summed E-state index contributed by atoms with van der Waals surface area (Å²) < 4.78 is 25.1. The molecule has 9 rings (SSSR count). The van der Waals surface area contributed by atoms with Crippen LogP contribution in [0.15, 0.2) is 150 Å². The Bertz CT molecular complexity index is 2460. The van der Waals surface area contributed by atoms with Gasteiger partial charge in [-0.05, 0) is 169 Å². The van der Waals surface area contributed by atoms with Gasteiger partial charge in [-0.3, -0.25) is 14.5 Å². The van der Waals surface area contributed by atoms with E-state index in [0.29, 0.717) is 29.4 Å². The lowest BCUT2D eigenvalue weighted by molar-refractivity contribution is 0.0258. The van der Waals surface area contributed by atoms with Crippen LogP contribution in [0.25, 0.3) is 0 Å². The third-order valence-corrected chi connectivity index (χ3v) is 14.4. The van der Waals surface area contributed by atoms with Gasteiger partial charge in [0.2, 0.25) is 5.88 Å². The highest BCUT2D eigenvalue weighted by Crippen LogP contribution is 2.39. The van der Waals surface area contributed by atoms with Crippen LogP contribution < -0.4 is 15.4 Å². The molecule has 2 aliphatic carbocycles. The summed E-state index contributed by atoms with van der Waals surface area (Å²) in [6.07, 6.45) is 16.2. The summed E-state index contributed by atoms with van der Waals surface area (Å²) in [4.78, 5) is 35.3. The van der Waals surface area contributed by atoms with Gasteiger partial charge in [-0.1, -0.05) is 97.4 Å². The first-order valence-corrected chi connectivity index (χ1v) is 24.3. The van der Waals surface area contributed by atoms with Gasteiger partial charge in [0, 0.05) is 35.8 Å². The Kier molecular flexibility index (Phi) is 16.0. The van der Waals surface area contributed by atoms with Crippen LogP contribution in [0.4, 0.5) is 4.39 Å². The number of ether oxygens (including phenoxy) is 1. The molecule has 0 bridgehead atoms. The van der Waals surface area contributed by atoms with Gasteiger partial charge in [-0.15, -0.1) is 0 Å². The first-order valence-electron chi connectivity index (χ1n) is 24.3. The second-order valence-electron chi connectivity index (χ2n) is 19.1. The molecule has 67 heavy (non-hydrogen) atoms. The number of carbonyl (C=O) groups is 2. The largest absolute Gasteiger partial charge is 0.456 e. The number of furan rings is 1. The maximum atomic E-state index is 13.3. The minimum atomic E-state index is -0.213. The fourth-order valence-electron chi connectivity index (χ4n) is 10.5. The van der Waals surface area contributed by atoms with Crippen molar-refractivity contribution in [3.63, 3.8) is 0 Å². The van der Waals surface area contributed by atoms with Crippen LogP contribution in [-0.4, -0.2) is 76.9 Å². The molecule has 9 nitrogen and oxygen atoms in total. The molecule has 2 N–H and O–H groups in total. The van der Waals surface area contributed by atoms with E-state index in [4.69, 9.17) is 9.15 Å². The molecule has 0 spiro atoms. The fourth-order valence-corrected chi connectivity index (χ4v) is 10.5. The van der Waals surface area contributed by atoms with Gasteiger partial charge in [0.1, 0.15) is 22.9 Å². The number of likely N-dealkylation sites (N-methyl/N-ethyl adjacent to an activating group) is 1. The van der Waals surface area contributed by atoms with Crippen molar-refractivity contribution in [2.75, 3.05) is 27.2 Å². The molecular weight excluding hydrogens is 838 g/mol. The number of hydrogen-bond donors (Lipinski definition) is 2. The molecule has 1 aliphatic heterocycles. The van der Waals surface area contributed by atoms with E-state index < -0.39 is 0 Å². The number of hydrogen-bond acceptors (Lipinski definition) is 7. The number of nitrogens with zero attached hydrogens (tertiary/aromatic N) is 3. The Morgan fingerprint density at radius 2 is 1.25 bits per heavy atom. The lowest BCUT2D eigenvalue weighted by Crippen LogP contribution is -2.56. The number of carbonyl (C=O) groups excluding carboxylic acids is 2. The predicted octanol–water partition coefficient (Wildman–Crippen LogP) is 11.2. The topological polar surface area (TPSA) is 99.9 Å². The molecule has 3 aliphatic rings. The van der Waals surface area contributed by atoms with Crippen LogP contribution in [-0.2, 0) is 19.3 Å². The van der Waals surface area contributed by atoms with E-state index in [1.54, 1.807) is 18.3 Å². The second kappa shape index (κ2) is 22.6. The highest BCUT2D eigenvalue weighted by atomic mass is 19.1. The van der Waals surface area contributed by atoms with E-state index in [1.165, 1.54) is 55.6 Å². The Morgan fingerprint density at radius 1 is 0.672 bits per heavy atom. The molecule has 3 heterocycles. The molecule has 3 fully saturated rings. The van der Waals surface area contributed by atoms with Crippen LogP contribution in [0.5, 0.6) is 11.6 Å². The van der Waals surface area contributed by atoms with Gasteiger partial charge in [-0.2, -0.15) is 0 Å². The fraction of sp³-hybridized carbons (Fsp3) is 0.386. The predicted molar refractivity (Wildman–Crippen MR) is 263 cm³/mol. The van der Waals surface area contributed by atoms with E-state index >= 15 is 0 Å². The lowest BCUT2D eigenvalue weighted by Gasteiger charge is -2.50. The molecule has 0 unspecified atom stereocenters. The highest BCUT2D eigenvalue weighted by molar-refractivity contribution is 5.96. The number of halogens is 1. The molecular formula is C57H66FN5O4. The molecule has 0 atom stereocenters. The third kappa shape index (κ3) is 12.7. The average molecular weight is 904 g/mol. The second-order valence-corrected chi connectivity index (χ2v) is 19.1. The SMILES string of the molecule is CN(C)C1(Cc2ccc(F)cc2)CCC(NC(=O)c2cccnc2Oc2ccccc2)CC1.O=C(NC1CCC(Cc2ccccc2)(N2CCCCC2)CC1)c1ccc(Cc2ccccc2)o1. The molecule has 6 aromatic rings. The molecule has 350 valence electrons. The molecule has 2 saturated carbocycles. The summed E-state index contributed by atoms with van der Waals surface area (Å²) in [6, 6.07) is 44.8. The van der Waals surface area contributed by atoms with Crippen LogP contribution in [0, 0.1) is 5.82 Å². The van der Waals surface area contributed by atoms with Gasteiger partial charge in [-0.25, -0.2) is 9.37 Å². The van der Waals surface area contributed by atoms with Crippen molar-refractivity contribution in [3.05, 3.63) is 185 Å². The zero-order valence-electron chi connectivity index (χ0n) is 39.2. The highest BCUT2D eigenvalue weighted by Gasteiger charge is 2.41. The maximum Gasteiger partial charge on any atom is 0.287 e. The Balaban J connectivity index is 0.000000182. The normalized spacial score (nSPS) is 22.0. The molecule has 4 aromatic carbocycles. The molecule has 2 aromatic heterocycles. The first kappa shape index (κ1) is 47.4. The van der Waals surface area contributed by atoms with Crippen LogP contribution >= 0.6 is 0 Å². The smallest absolute Gasteiger partial charge is 0.287 e. The zero-order valence-corrected chi connectivity index (χ0v) is 39.2. The average Bonchev–Trinajstić information content (AvgIpc) is 3.84. The van der Waals surface area contributed by atoms with Crippen molar-refractivity contribution in [2.45, 2.75) is 113 Å². The Labute approximate surface area is 396 Å². The maximum absolute atomic E-state index is 13.3. The monoisotopic (exact) mass is 904 g/mol. The number of pyridine rings is 1. The van der Waals surface area contributed by atoms with E-state index in [2.05, 4.69) is 82.0 Å². The number of aromatic nitrogens is 1. The van der Waals surface area contributed by atoms with E-state index in [9.17, 15) is 14.0 Å². The van der Waals surface area contributed by atoms with Crippen molar-refractivity contribution >= 4 is 11.8 Å². The summed E-state index contributed by atoms with van der Waals surface area (Å²) in [7, 11) is 4.20. The molecule has 2 amide bonds. The summed E-state index contributed by atoms with van der Waals surface area (Å²) in [5.74, 6) is 1.72. The van der Waals surface area contributed by atoms with Crippen LogP contribution in [0.2, 0.25) is 0 Å². The van der Waals surface area contributed by atoms with E-state index in [-0.39, 0.29) is 40.8 Å². The van der Waals surface area contributed by atoms with Gasteiger partial charge in [0.05, 0.1) is 0 Å². The summed E-state index contributed by atoms with van der Waals surface area (Å²) in [5.41, 5.74) is 4.38.